The number of anilines is 1. The van der Waals surface area contributed by atoms with Gasteiger partial charge in [0.25, 0.3) is 0 Å². The van der Waals surface area contributed by atoms with Crippen LogP contribution in [0.3, 0.4) is 0 Å². The van der Waals surface area contributed by atoms with Crippen molar-refractivity contribution in [3.05, 3.63) is 63.6 Å². The number of halogens is 2. The lowest BCUT2D eigenvalue weighted by molar-refractivity contribution is -0.136. The van der Waals surface area contributed by atoms with Gasteiger partial charge in [0.05, 0.1) is 0 Å². The highest BCUT2D eigenvalue weighted by Crippen LogP contribution is 2.19. The van der Waals surface area contributed by atoms with Gasteiger partial charge in [-0.2, -0.15) is 0 Å². The number of hydrogen-bond donors (Lipinski definition) is 2. The largest absolute Gasteiger partial charge is 0.347 e. The van der Waals surface area contributed by atoms with Gasteiger partial charge in [0.15, 0.2) is 0 Å². The lowest BCUT2D eigenvalue weighted by Gasteiger charge is -2.09. The summed E-state index contributed by atoms with van der Waals surface area (Å²) in [6.07, 6.45) is 0.617. The van der Waals surface area contributed by atoms with Gasteiger partial charge in [0.2, 0.25) is 0 Å². The molecule has 0 aromatic heterocycles. The molecular formula is C17H16Cl2N2O2. The number of carbonyl (C=O) groups is 2. The minimum atomic E-state index is -0.716. The van der Waals surface area contributed by atoms with Crippen LogP contribution in [-0.2, 0) is 16.0 Å². The van der Waals surface area contributed by atoms with Gasteiger partial charge in [-0.3, -0.25) is 9.59 Å². The molecule has 0 spiro atoms. The molecule has 4 nitrogen and oxygen atoms in total. The molecule has 0 bridgehead atoms. The van der Waals surface area contributed by atoms with Crippen LogP contribution in [0.5, 0.6) is 0 Å². The van der Waals surface area contributed by atoms with Gasteiger partial charge in [-0.25, -0.2) is 0 Å². The Labute approximate surface area is 144 Å². The van der Waals surface area contributed by atoms with E-state index in [1.807, 2.05) is 19.1 Å². The molecule has 120 valence electrons. The second-order valence-corrected chi connectivity index (χ2v) is 5.92. The molecule has 0 unspecified atom stereocenters. The number of amides is 2. The van der Waals surface area contributed by atoms with Gasteiger partial charge in [-0.1, -0.05) is 41.4 Å². The van der Waals surface area contributed by atoms with Crippen LogP contribution in [0, 0.1) is 6.92 Å². The Kier molecular flexibility index (Phi) is 6.02. The average molecular weight is 351 g/mol. The number of rotatable bonds is 4. The summed E-state index contributed by atoms with van der Waals surface area (Å²) in [7, 11) is 0. The van der Waals surface area contributed by atoms with Gasteiger partial charge >= 0.3 is 11.8 Å². The monoisotopic (exact) mass is 350 g/mol. The smallest absolute Gasteiger partial charge is 0.313 e. The van der Waals surface area contributed by atoms with E-state index >= 15 is 0 Å². The zero-order valence-electron chi connectivity index (χ0n) is 12.5. The Bertz CT molecular complexity index is 715. The van der Waals surface area contributed by atoms with Crippen LogP contribution in [-0.4, -0.2) is 18.4 Å². The molecule has 6 heteroatoms. The third kappa shape index (κ3) is 5.27. The van der Waals surface area contributed by atoms with Gasteiger partial charge in [-0.15, -0.1) is 0 Å². The topological polar surface area (TPSA) is 58.2 Å². The predicted octanol–water partition coefficient (Wildman–Crippen LogP) is 3.60. The summed E-state index contributed by atoms with van der Waals surface area (Å²) in [6, 6.07) is 12.4. The standard InChI is InChI=1S/C17H16Cl2N2O2/c1-11-2-5-14(19)10-15(11)21-17(23)16(22)20-9-8-12-3-6-13(18)7-4-12/h2-7,10H,8-9H2,1H3,(H,20,22)(H,21,23). The quantitative estimate of drug-likeness (QED) is 0.827. The molecule has 2 N–H and O–H groups in total. The molecule has 0 fully saturated rings. The van der Waals surface area contributed by atoms with Crippen LogP contribution in [0.2, 0.25) is 10.0 Å². The van der Waals surface area contributed by atoms with E-state index in [1.54, 1.807) is 30.3 Å². The van der Waals surface area contributed by atoms with Crippen LogP contribution in [0.25, 0.3) is 0 Å². The third-order valence-electron chi connectivity index (χ3n) is 3.27. The average Bonchev–Trinajstić information content (AvgIpc) is 2.52. The Hall–Kier alpha value is -2.04. The predicted molar refractivity (Wildman–Crippen MR) is 93.0 cm³/mol. The van der Waals surface area contributed by atoms with Crippen LogP contribution in [0.4, 0.5) is 5.69 Å². The second-order valence-electron chi connectivity index (χ2n) is 5.05. The van der Waals surface area contributed by atoms with E-state index in [2.05, 4.69) is 10.6 Å². The van der Waals surface area contributed by atoms with Crippen molar-refractivity contribution < 1.29 is 9.59 Å². The van der Waals surface area contributed by atoms with E-state index in [9.17, 15) is 9.59 Å². The SMILES string of the molecule is Cc1ccc(Cl)cc1NC(=O)C(=O)NCCc1ccc(Cl)cc1. The first kappa shape index (κ1) is 17.3. The first-order valence-electron chi connectivity index (χ1n) is 7.05. The highest BCUT2D eigenvalue weighted by molar-refractivity contribution is 6.40. The van der Waals surface area contributed by atoms with E-state index in [1.165, 1.54) is 0 Å². The maximum absolute atomic E-state index is 11.9. The second kappa shape index (κ2) is 7.99. The first-order valence-corrected chi connectivity index (χ1v) is 7.81. The summed E-state index contributed by atoms with van der Waals surface area (Å²) < 4.78 is 0. The summed E-state index contributed by atoms with van der Waals surface area (Å²) in [4.78, 5) is 23.7. The maximum atomic E-state index is 11.9. The molecule has 23 heavy (non-hydrogen) atoms. The van der Waals surface area contributed by atoms with Crippen molar-refractivity contribution in [3.63, 3.8) is 0 Å². The summed E-state index contributed by atoms with van der Waals surface area (Å²) in [5, 5.41) is 6.29. The van der Waals surface area contributed by atoms with Crippen LogP contribution >= 0.6 is 23.2 Å². The summed E-state index contributed by atoms with van der Waals surface area (Å²) >= 11 is 11.7. The van der Waals surface area contributed by atoms with Crippen molar-refractivity contribution in [1.82, 2.24) is 5.32 Å². The van der Waals surface area contributed by atoms with E-state index in [0.717, 1.165) is 11.1 Å². The molecular weight excluding hydrogens is 335 g/mol. The Balaban J connectivity index is 1.84. The Morgan fingerprint density at radius 2 is 1.61 bits per heavy atom. The maximum Gasteiger partial charge on any atom is 0.313 e. The van der Waals surface area contributed by atoms with Crippen molar-refractivity contribution in [1.29, 1.82) is 0 Å². The van der Waals surface area contributed by atoms with E-state index in [-0.39, 0.29) is 0 Å². The van der Waals surface area contributed by atoms with E-state index in [4.69, 9.17) is 23.2 Å². The van der Waals surface area contributed by atoms with Crippen molar-refractivity contribution in [2.75, 3.05) is 11.9 Å². The lowest BCUT2D eigenvalue weighted by atomic mass is 10.1. The van der Waals surface area contributed by atoms with Crippen LogP contribution in [0.15, 0.2) is 42.5 Å². The zero-order chi connectivity index (χ0) is 16.8. The fourth-order valence-electron chi connectivity index (χ4n) is 1.96. The number of aryl methyl sites for hydroxylation is 1. The number of carbonyl (C=O) groups excluding carboxylic acids is 2. The third-order valence-corrected chi connectivity index (χ3v) is 3.75. The molecule has 0 aliphatic rings. The fourth-order valence-corrected chi connectivity index (χ4v) is 2.26. The molecule has 0 aliphatic heterocycles. The molecule has 2 amide bonds. The van der Waals surface area contributed by atoms with Crippen LogP contribution < -0.4 is 10.6 Å². The first-order chi connectivity index (χ1) is 11.0. The van der Waals surface area contributed by atoms with Gasteiger partial charge in [-0.05, 0) is 48.7 Å². The molecule has 2 aromatic carbocycles. The summed E-state index contributed by atoms with van der Waals surface area (Å²) in [5.74, 6) is -1.40. The van der Waals surface area contributed by atoms with Crippen molar-refractivity contribution in [3.8, 4) is 0 Å². The molecule has 0 saturated heterocycles. The molecule has 0 heterocycles. The number of hydrogen-bond acceptors (Lipinski definition) is 2. The summed E-state index contributed by atoms with van der Waals surface area (Å²) in [5.41, 5.74) is 2.38. The summed E-state index contributed by atoms with van der Waals surface area (Å²) in [6.45, 7) is 2.19. The lowest BCUT2D eigenvalue weighted by Crippen LogP contribution is -2.36. The minimum Gasteiger partial charge on any atom is -0.347 e. The van der Waals surface area contributed by atoms with Gasteiger partial charge in [0, 0.05) is 22.3 Å². The highest BCUT2D eigenvalue weighted by Gasteiger charge is 2.14. The Morgan fingerprint density at radius 3 is 2.30 bits per heavy atom. The molecule has 0 saturated carbocycles. The van der Waals surface area contributed by atoms with Crippen molar-refractivity contribution >= 4 is 40.7 Å². The Morgan fingerprint density at radius 1 is 0.957 bits per heavy atom. The van der Waals surface area contributed by atoms with Gasteiger partial charge in [0.1, 0.15) is 0 Å². The van der Waals surface area contributed by atoms with Gasteiger partial charge < -0.3 is 10.6 Å². The zero-order valence-corrected chi connectivity index (χ0v) is 14.0. The van der Waals surface area contributed by atoms with Crippen molar-refractivity contribution in [2.24, 2.45) is 0 Å². The van der Waals surface area contributed by atoms with E-state index in [0.29, 0.717) is 28.7 Å². The minimum absolute atomic E-state index is 0.364. The normalized spacial score (nSPS) is 10.2. The molecule has 0 radical (unpaired) electrons. The fraction of sp³-hybridized carbons (Fsp3) is 0.176. The number of benzene rings is 2. The highest BCUT2D eigenvalue weighted by atomic mass is 35.5. The van der Waals surface area contributed by atoms with Crippen LogP contribution in [0.1, 0.15) is 11.1 Å². The number of nitrogens with one attached hydrogen (secondary N) is 2. The molecule has 2 aromatic rings. The van der Waals surface area contributed by atoms with Crippen molar-refractivity contribution in [2.45, 2.75) is 13.3 Å². The molecule has 0 atom stereocenters. The molecule has 0 aliphatic carbocycles. The van der Waals surface area contributed by atoms with E-state index < -0.39 is 11.8 Å². The molecule has 2 rings (SSSR count).